The molecule has 2 amide bonds. The zero-order valence-electron chi connectivity index (χ0n) is 20.0. The zero-order chi connectivity index (χ0) is 23.6. The summed E-state index contributed by atoms with van der Waals surface area (Å²) in [6.45, 7) is 9.66. The van der Waals surface area contributed by atoms with Crippen LogP contribution >= 0.6 is 12.2 Å². The number of carbonyl (C=O) groups is 1. The average molecular weight is 467 g/mol. The van der Waals surface area contributed by atoms with Gasteiger partial charge in [-0.15, -0.1) is 0 Å². The molecular weight excluding hydrogens is 432 g/mol. The van der Waals surface area contributed by atoms with Crippen molar-refractivity contribution >= 4 is 34.7 Å². The van der Waals surface area contributed by atoms with Crippen LogP contribution in [0.25, 0.3) is 0 Å². The summed E-state index contributed by atoms with van der Waals surface area (Å²) in [5.74, 6) is 0.806. The molecule has 176 valence electrons. The van der Waals surface area contributed by atoms with Crippen molar-refractivity contribution < 1.29 is 9.53 Å². The third kappa shape index (κ3) is 5.24. The number of benzene rings is 2. The minimum Gasteiger partial charge on any atom is -0.497 e. The van der Waals surface area contributed by atoms with Crippen LogP contribution in [0, 0.1) is 26.2 Å². The van der Waals surface area contributed by atoms with Crippen molar-refractivity contribution in [2.75, 3.05) is 43.9 Å². The van der Waals surface area contributed by atoms with Crippen LogP contribution in [-0.2, 0) is 0 Å². The minimum atomic E-state index is 0.0101. The first-order chi connectivity index (χ1) is 15.8. The number of amides is 2. The maximum atomic E-state index is 13.0. The lowest BCUT2D eigenvalue weighted by molar-refractivity contribution is 0.154. The predicted molar refractivity (Wildman–Crippen MR) is 138 cm³/mol. The Kier molecular flexibility index (Phi) is 6.79. The van der Waals surface area contributed by atoms with Crippen LogP contribution in [0.3, 0.4) is 0 Å². The first kappa shape index (κ1) is 23.4. The highest BCUT2D eigenvalue weighted by molar-refractivity contribution is 7.80. The lowest BCUT2D eigenvalue weighted by Gasteiger charge is -2.40. The number of hydrogen-bond donors (Lipinski definition) is 2. The summed E-state index contributed by atoms with van der Waals surface area (Å²) in [6.07, 6.45) is 3.13. The second-order valence-electron chi connectivity index (χ2n) is 9.50. The molecule has 2 aromatic rings. The number of piperidine rings is 1. The van der Waals surface area contributed by atoms with E-state index in [0.717, 1.165) is 73.2 Å². The molecule has 0 saturated carbocycles. The summed E-state index contributed by atoms with van der Waals surface area (Å²) in [6, 6.07) is 12.0. The molecule has 2 aliphatic heterocycles. The highest BCUT2D eigenvalue weighted by Crippen LogP contribution is 2.40. The Labute approximate surface area is 202 Å². The lowest BCUT2D eigenvalue weighted by Crippen LogP contribution is -2.46. The van der Waals surface area contributed by atoms with Gasteiger partial charge in [-0.25, -0.2) is 4.79 Å². The molecule has 2 N–H and O–H groups in total. The van der Waals surface area contributed by atoms with E-state index in [-0.39, 0.29) is 11.4 Å². The Balaban J connectivity index is 1.31. The van der Waals surface area contributed by atoms with Gasteiger partial charge >= 0.3 is 6.03 Å². The molecule has 2 saturated heterocycles. The molecule has 2 fully saturated rings. The number of aryl methyl sites for hydroxylation is 3. The Hall–Kier alpha value is -2.80. The fourth-order valence-electron chi connectivity index (χ4n) is 4.89. The van der Waals surface area contributed by atoms with Gasteiger partial charge in [-0.1, -0.05) is 12.1 Å². The molecule has 7 heteroatoms. The predicted octanol–water partition coefficient (Wildman–Crippen LogP) is 5.34. The topological polar surface area (TPSA) is 56.8 Å². The van der Waals surface area contributed by atoms with E-state index in [1.54, 1.807) is 7.11 Å². The molecule has 2 heterocycles. The molecule has 0 atom stereocenters. The van der Waals surface area contributed by atoms with E-state index in [1.165, 1.54) is 11.1 Å². The number of hydrogen-bond acceptors (Lipinski definition) is 3. The van der Waals surface area contributed by atoms with Gasteiger partial charge in [-0.2, -0.15) is 0 Å². The molecule has 0 unspecified atom stereocenters. The van der Waals surface area contributed by atoms with Crippen LogP contribution in [-0.4, -0.2) is 54.2 Å². The standard InChI is InChI=1S/C26H34N4O2S/c1-18-14-20(3)23(15-19(18)2)28-24(31)30-13-10-26(17-30)8-11-29(12-9-26)25(33)27-21-6-5-7-22(16-21)32-4/h5-7,14-16H,8-13,17H2,1-4H3,(H,27,33)(H,28,31). The Morgan fingerprint density at radius 2 is 1.61 bits per heavy atom. The van der Waals surface area contributed by atoms with Gasteiger partial charge in [0, 0.05) is 43.6 Å². The number of methoxy groups -OCH3 is 1. The molecule has 33 heavy (non-hydrogen) atoms. The number of nitrogens with zero attached hydrogens (tertiary/aromatic N) is 2. The summed E-state index contributed by atoms with van der Waals surface area (Å²) in [5.41, 5.74) is 5.58. The minimum absolute atomic E-state index is 0.0101. The SMILES string of the molecule is COc1cccc(NC(=S)N2CCC3(CCN(C(=O)Nc4cc(C)c(C)cc4C)C3)CC2)c1. The van der Waals surface area contributed by atoms with Crippen LogP contribution in [0.5, 0.6) is 5.75 Å². The lowest BCUT2D eigenvalue weighted by atomic mass is 9.78. The number of nitrogens with one attached hydrogen (secondary N) is 2. The maximum Gasteiger partial charge on any atom is 0.321 e. The van der Waals surface area contributed by atoms with E-state index < -0.39 is 0 Å². The van der Waals surface area contributed by atoms with Crippen molar-refractivity contribution in [3.63, 3.8) is 0 Å². The number of urea groups is 1. The van der Waals surface area contributed by atoms with Gasteiger partial charge in [0.2, 0.25) is 0 Å². The summed E-state index contributed by atoms with van der Waals surface area (Å²) in [4.78, 5) is 17.2. The van der Waals surface area contributed by atoms with Crippen molar-refractivity contribution in [1.29, 1.82) is 0 Å². The van der Waals surface area contributed by atoms with Crippen LogP contribution in [0.4, 0.5) is 16.2 Å². The van der Waals surface area contributed by atoms with E-state index in [9.17, 15) is 4.79 Å². The number of rotatable bonds is 3. The summed E-state index contributed by atoms with van der Waals surface area (Å²) in [7, 11) is 1.66. The molecule has 0 aromatic heterocycles. The van der Waals surface area contributed by atoms with E-state index in [4.69, 9.17) is 17.0 Å². The van der Waals surface area contributed by atoms with Crippen molar-refractivity contribution in [2.45, 2.75) is 40.0 Å². The van der Waals surface area contributed by atoms with Crippen LogP contribution < -0.4 is 15.4 Å². The molecular formula is C26H34N4O2S. The van der Waals surface area contributed by atoms with Gasteiger partial charge in [-0.3, -0.25) is 0 Å². The summed E-state index contributed by atoms with van der Waals surface area (Å²) < 4.78 is 5.30. The number of carbonyl (C=O) groups excluding carboxylic acids is 1. The third-order valence-electron chi connectivity index (χ3n) is 7.24. The van der Waals surface area contributed by atoms with Gasteiger partial charge in [0.25, 0.3) is 0 Å². The van der Waals surface area contributed by atoms with Gasteiger partial charge in [-0.05, 0) is 92.6 Å². The second-order valence-corrected chi connectivity index (χ2v) is 9.89. The first-order valence-electron chi connectivity index (χ1n) is 11.6. The normalized spacial score (nSPS) is 17.2. The van der Waals surface area contributed by atoms with Crippen LogP contribution in [0.2, 0.25) is 0 Å². The average Bonchev–Trinajstić information content (AvgIpc) is 3.21. The molecule has 0 radical (unpaired) electrons. The monoisotopic (exact) mass is 466 g/mol. The molecule has 2 aliphatic rings. The summed E-state index contributed by atoms with van der Waals surface area (Å²) in [5, 5.41) is 7.22. The van der Waals surface area contributed by atoms with Gasteiger partial charge in [0.05, 0.1) is 7.11 Å². The summed E-state index contributed by atoms with van der Waals surface area (Å²) >= 11 is 5.67. The first-order valence-corrected chi connectivity index (χ1v) is 12.0. The molecule has 4 rings (SSSR count). The van der Waals surface area contributed by atoms with E-state index in [2.05, 4.69) is 41.5 Å². The fourth-order valence-corrected chi connectivity index (χ4v) is 5.19. The van der Waals surface area contributed by atoms with Crippen molar-refractivity contribution in [1.82, 2.24) is 9.80 Å². The molecule has 6 nitrogen and oxygen atoms in total. The maximum absolute atomic E-state index is 13.0. The fraction of sp³-hybridized carbons (Fsp3) is 0.462. The zero-order valence-corrected chi connectivity index (χ0v) is 20.8. The van der Waals surface area contributed by atoms with E-state index >= 15 is 0 Å². The van der Waals surface area contributed by atoms with E-state index in [1.807, 2.05) is 36.1 Å². The Morgan fingerprint density at radius 1 is 0.939 bits per heavy atom. The molecule has 0 aliphatic carbocycles. The number of likely N-dealkylation sites (tertiary alicyclic amines) is 2. The molecule has 2 aromatic carbocycles. The van der Waals surface area contributed by atoms with Crippen molar-refractivity contribution in [3.8, 4) is 5.75 Å². The molecule has 1 spiro atoms. The van der Waals surface area contributed by atoms with Crippen LogP contribution in [0.15, 0.2) is 36.4 Å². The molecule has 0 bridgehead atoms. The number of ether oxygens (including phenoxy) is 1. The third-order valence-corrected chi connectivity index (χ3v) is 7.60. The smallest absolute Gasteiger partial charge is 0.321 e. The second kappa shape index (κ2) is 9.59. The largest absolute Gasteiger partial charge is 0.497 e. The highest BCUT2D eigenvalue weighted by atomic mass is 32.1. The Bertz CT molecular complexity index is 1050. The van der Waals surface area contributed by atoms with Gasteiger partial charge < -0.3 is 25.2 Å². The van der Waals surface area contributed by atoms with Gasteiger partial charge in [0.1, 0.15) is 5.75 Å². The van der Waals surface area contributed by atoms with Gasteiger partial charge in [0.15, 0.2) is 5.11 Å². The quantitative estimate of drug-likeness (QED) is 0.598. The van der Waals surface area contributed by atoms with Crippen molar-refractivity contribution in [3.05, 3.63) is 53.1 Å². The van der Waals surface area contributed by atoms with Crippen molar-refractivity contribution in [2.24, 2.45) is 5.41 Å². The number of thiocarbonyl (C=S) groups is 1. The van der Waals surface area contributed by atoms with E-state index in [0.29, 0.717) is 0 Å². The number of anilines is 2. The van der Waals surface area contributed by atoms with Crippen LogP contribution in [0.1, 0.15) is 36.0 Å². The Morgan fingerprint density at radius 3 is 2.30 bits per heavy atom. The highest BCUT2D eigenvalue weighted by Gasteiger charge is 2.42.